The van der Waals surface area contributed by atoms with Crippen LogP contribution >= 0.6 is 0 Å². The second kappa shape index (κ2) is 6.62. The highest BCUT2D eigenvalue weighted by Crippen LogP contribution is 2.20. The lowest BCUT2D eigenvalue weighted by Crippen LogP contribution is -2.53. The number of hydrogen-bond donors (Lipinski definition) is 1. The fourth-order valence-electron chi connectivity index (χ4n) is 2.69. The molecule has 1 heterocycles. The van der Waals surface area contributed by atoms with Gasteiger partial charge < -0.3 is 14.9 Å². The molecule has 2 amide bonds. The van der Waals surface area contributed by atoms with Crippen molar-refractivity contribution in [2.45, 2.75) is 6.10 Å². The minimum atomic E-state index is -1.23. The lowest BCUT2D eigenvalue weighted by molar-refractivity contribution is -0.144. The topological polar surface area (TPSA) is 60.9 Å². The summed E-state index contributed by atoms with van der Waals surface area (Å²) in [6, 6.07) is 18.1. The van der Waals surface area contributed by atoms with E-state index >= 15 is 0 Å². The van der Waals surface area contributed by atoms with Crippen molar-refractivity contribution in [2.24, 2.45) is 0 Å². The van der Waals surface area contributed by atoms with Gasteiger partial charge in [0, 0.05) is 18.8 Å². The Morgan fingerprint density at radius 3 is 2.17 bits per heavy atom. The zero-order valence-corrected chi connectivity index (χ0v) is 12.6. The zero-order chi connectivity index (χ0) is 16.2. The summed E-state index contributed by atoms with van der Waals surface area (Å²) in [6.45, 7) is 0.817. The van der Waals surface area contributed by atoms with Crippen molar-refractivity contribution in [1.82, 2.24) is 4.90 Å². The van der Waals surface area contributed by atoms with Crippen LogP contribution in [-0.2, 0) is 9.59 Å². The van der Waals surface area contributed by atoms with Crippen molar-refractivity contribution >= 4 is 17.5 Å². The van der Waals surface area contributed by atoms with E-state index < -0.39 is 12.0 Å². The van der Waals surface area contributed by atoms with Crippen LogP contribution in [0.15, 0.2) is 60.7 Å². The van der Waals surface area contributed by atoms with E-state index in [0.717, 1.165) is 5.69 Å². The third kappa shape index (κ3) is 3.24. The molecular weight excluding hydrogens is 292 g/mol. The van der Waals surface area contributed by atoms with E-state index in [1.165, 1.54) is 4.90 Å². The van der Waals surface area contributed by atoms with Gasteiger partial charge in [0.15, 0.2) is 6.10 Å². The van der Waals surface area contributed by atoms with Crippen LogP contribution in [0, 0.1) is 0 Å². The first-order valence-corrected chi connectivity index (χ1v) is 7.54. The smallest absolute Gasteiger partial charge is 0.256 e. The molecule has 0 unspecified atom stereocenters. The van der Waals surface area contributed by atoms with Crippen molar-refractivity contribution in [3.8, 4) is 0 Å². The van der Waals surface area contributed by atoms with Gasteiger partial charge in [-0.15, -0.1) is 0 Å². The van der Waals surface area contributed by atoms with Crippen molar-refractivity contribution in [2.75, 3.05) is 24.5 Å². The van der Waals surface area contributed by atoms with E-state index in [2.05, 4.69) is 0 Å². The van der Waals surface area contributed by atoms with Gasteiger partial charge in [-0.1, -0.05) is 48.5 Å². The lowest BCUT2D eigenvalue weighted by atomic mass is 10.1. The predicted octanol–water partition coefficient (Wildman–Crippen LogP) is 1.60. The summed E-state index contributed by atoms with van der Waals surface area (Å²) in [5, 5.41) is 10.2. The van der Waals surface area contributed by atoms with Gasteiger partial charge in [-0.3, -0.25) is 9.59 Å². The molecule has 1 atom stereocenters. The Kier molecular flexibility index (Phi) is 4.39. The Morgan fingerprint density at radius 2 is 1.57 bits per heavy atom. The van der Waals surface area contributed by atoms with Gasteiger partial charge >= 0.3 is 0 Å². The van der Waals surface area contributed by atoms with Gasteiger partial charge in [0.05, 0.1) is 0 Å². The van der Waals surface area contributed by atoms with Crippen LogP contribution in [0.5, 0.6) is 0 Å². The standard InChI is InChI=1S/C18H18N2O3/c21-16-13-19(11-12-20(16)15-9-5-2-6-10-15)18(23)17(22)14-7-3-1-4-8-14/h1-10,17,22H,11-13H2/t17-/m0/s1. The number of amides is 2. The molecule has 3 rings (SSSR count). The average Bonchev–Trinajstić information content (AvgIpc) is 2.62. The van der Waals surface area contributed by atoms with Gasteiger partial charge in [-0.25, -0.2) is 0 Å². The number of carbonyl (C=O) groups is 2. The lowest BCUT2D eigenvalue weighted by Gasteiger charge is -2.35. The van der Waals surface area contributed by atoms with Crippen molar-refractivity contribution in [3.63, 3.8) is 0 Å². The average molecular weight is 310 g/mol. The summed E-state index contributed by atoms with van der Waals surface area (Å²) in [5.74, 6) is -0.576. The highest BCUT2D eigenvalue weighted by Gasteiger charge is 2.31. The molecule has 0 aromatic heterocycles. The molecular formula is C18H18N2O3. The van der Waals surface area contributed by atoms with Crippen LogP contribution in [-0.4, -0.2) is 41.5 Å². The summed E-state index contributed by atoms with van der Waals surface area (Å²) < 4.78 is 0. The van der Waals surface area contributed by atoms with Crippen LogP contribution < -0.4 is 4.90 Å². The van der Waals surface area contributed by atoms with Crippen LogP contribution in [0.1, 0.15) is 11.7 Å². The number of piperazine rings is 1. The van der Waals surface area contributed by atoms with Crippen molar-refractivity contribution in [1.29, 1.82) is 0 Å². The normalized spacial score (nSPS) is 16.3. The molecule has 0 spiro atoms. The summed E-state index contributed by atoms with van der Waals surface area (Å²) in [4.78, 5) is 27.8. The minimum absolute atomic E-state index is 0.0162. The monoisotopic (exact) mass is 310 g/mol. The predicted molar refractivity (Wildman–Crippen MR) is 86.8 cm³/mol. The Bertz CT molecular complexity index is 688. The molecule has 1 aliphatic heterocycles. The largest absolute Gasteiger partial charge is 0.378 e. The molecule has 1 N–H and O–H groups in total. The Hall–Kier alpha value is -2.66. The van der Waals surface area contributed by atoms with Crippen LogP contribution in [0.4, 0.5) is 5.69 Å². The summed E-state index contributed by atoms with van der Waals surface area (Å²) >= 11 is 0. The maximum Gasteiger partial charge on any atom is 0.256 e. The Labute approximate surface area is 134 Å². The SMILES string of the molecule is O=C([C@@H](O)c1ccccc1)N1CCN(c2ccccc2)C(=O)C1. The molecule has 5 heteroatoms. The molecule has 1 aliphatic rings. The quantitative estimate of drug-likeness (QED) is 0.936. The summed E-state index contributed by atoms with van der Waals surface area (Å²) in [5.41, 5.74) is 1.36. The van der Waals surface area contributed by atoms with E-state index in [1.54, 1.807) is 29.2 Å². The molecule has 2 aromatic rings. The number of rotatable bonds is 3. The molecule has 0 aliphatic carbocycles. The van der Waals surface area contributed by atoms with E-state index in [9.17, 15) is 14.7 Å². The van der Waals surface area contributed by atoms with Gasteiger partial charge in [-0.05, 0) is 17.7 Å². The second-order valence-corrected chi connectivity index (χ2v) is 5.45. The number of nitrogens with zero attached hydrogens (tertiary/aromatic N) is 2. The molecule has 1 saturated heterocycles. The van der Waals surface area contributed by atoms with Crippen LogP contribution in [0.3, 0.4) is 0 Å². The van der Waals surface area contributed by atoms with E-state index in [-0.39, 0.29) is 12.5 Å². The van der Waals surface area contributed by atoms with Gasteiger partial charge in [-0.2, -0.15) is 0 Å². The van der Waals surface area contributed by atoms with Crippen molar-refractivity contribution < 1.29 is 14.7 Å². The van der Waals surface area contributed by atoms with E-state index in [0.29, 0.717) is 18.7 Å². The third-order valence-corrected chi connectivity index (χ3v) is 3.95. The number of hydrogen-bond acceptors (Lipinski definition) is 3. The van der Waals surface area contributed by atoms with E-state index in [4.69, 9.17) is 0 Å². The number of anilines is 1. The first kappa shape index (κ1) is 15.2. The fraction of sp³-hybridized carbons (Fsp3) is 0.222. The van der Waals surface area contributed by atoms with Crippen LogP contribution in [0.25, 0.3) is 0 Å². The Morgan fingerprint density at radius 1 is 0.957 bits per heavy atom. The number of carbonyl (C=O) groups excluding carboxylic acids is 2. The molecule has 1 fully saturated rings. The van der Waals surface area contributed by atoms with Crippen molar-refractivity contribution in [3.05, 3.63) is 66.2 Å². The number of aliphatic hydroxyl groups is 1. The number of benzene rings is 2. The fourth-order valence-corrected chi connectivity index (χ4v) is 2.69. The molecule has 5 nitrogen and oxygen atoms in total. The second-order valence-electron chi connectivity index (χ2n) is 5.45. The van der Waals surface area contributed by atoms with Crippen LogP contribution in [0.2, 0.25) is 0 Å². The molecule has 118 valence electrons. The third-order valence-electron chi connectivity index (χ3n) is 3.95. The minimum Gasteiger partial charge on any atom is -0.378 e. The molecule has 0 saturated carbocycles. The maximum atomic E-state index is 12.4. The molecule has 23 heavy (non-hydrogen) atoms. The first-order valence-electron chi connectivity index (χ1n) is 7.54. The zero-order valence-electron chi connectivity index (χ0n) is 12.6. The van der Waals surface area contributed by atoms with E-state index in [1.807, 2.05) is 36.4 Å². The molecule has 0 radical (unpaired) electrons. The molecule has 0 bridgehead atoms. The number of aliphatic hydroxyl groups excluding tert-OH is 1. The number of para-hydroxylation sites is 1. The van der Waals surface area contributed by atoms with Gasteiger partial charge in [0.1, 0.15) is 6.54 Å². The molecule has 2 aromatic carbocycles. The Balaban J connectivity index is 1.68. The maximum absolute atomic E-state index is 12.4. The summed E-state index contributed by atoms with van der Waals surface area (Å²) in [6.07, 6.45) is -1.23. The highest BCUT2D eigenvalue weighted by molar-refractivity contribution is 5.98. The van der Waals surface area contributed by atoms with Gasteiger partial charge in [0.25, 0.3) is 5.91 Å². The summed E-state index contributed by atoms with van der Waals surface area (Å²) in [7, 11) is 0. The van der Waals surface area contributed by atoms with Gasteiger partial charge in [0.2, 0.25) is 5.91 Å². The first-order chi connectivity index (χ1) is 11.2. The highest BCUT2D eigenvalue weighted by atomic mass is 16.3.